The van der Waals surface area contributed by atoms with Crippen LogP contribution in [0, 0.1) is 11.6 Å². The molecular formula is C21H12F2N4O2S. The Hall–Kier alpha value is -3.85. The number of aromatic nitrogens is 2. The molecule has 0 radical (unpaired) electrons. The average Bonchev–Trinajstić information content (AvgIpc) is 3.32. The number of amides is 1. The SMILES string of the molecule is NC(=O)c1cc2c(-c3ccc(Nc4nc5cc(F)ccc5o4)c(F)c3)cncc2s1. The lowest BCUT2D eigenvalue weighted by Crippen LogP contribution is -2.08. The maximum Gasteiger partial charge on any atom is 0.300 e. The van der Waals surface area contributed by atoms with Gasteiger partial charge in [0.25, 0.3) is 11.9 Å². The van der Waals surface area contributed by atoms with Crippen LogP contribution in [-0.4, -0.2) is 15.9 Å². The van der Waals surface area contributed by atoms with Crippen molar-refractivity contribution in [3.63, 3.8) is 0 Å². The summed E-state index contributed by atoms with van der Waals surface area (Å²) in [6.45, 7) is 0. The van der Waals surface area contributed by atoms with Crippen LogP contribution in [-0.2, 0) is 0 Å². The lowest BCUT2D eigenvalue weighted by atomic mass is 10.0. The zero-order valence-corrected chi connectivity index (χ0v) is 16.0. The standard InChI is InChI=1S/C21H12F2N4O2S/c22-11-2-4-17-16(6-11)27-21(29-17)26-15-3-1-10(5-14(15)23)13-8-25-9-19-12(13)7-18(30-19)20(24)28/h1-9H,(H2,24,28)(H,26,27). The minimum atomic E-state index is -0.539. The molecule has 1 amide bonds. The third kappa shape index (κ3) is 3.15. The first-order valence-electron chi connectivity index (χ1n) is 8.78. The van der Waals surface area contributed by atoms with Gasteiger partial charge in [0, 0.05) is 29.4 Å². The van der Waals surface area contributed by atoms with E-state index in [0.29, 0.717) is 27.1 Å². The van der Waals surface area contributed by atoms with Crippen molar-refractivity contribution in [2.45, 2.75) is 0 Å². The smallest absolute Gasteiger partial charge is 0.300 e. The fraction of sp³-hybridized carbons (Fsp3) is 0. The first-order chi connectivity index (χ1) is 14.5. The van der Waals surface area contributed by atoms with Gasteiger partial charge in [0.05, 0.1) is 15.3 Å². The van der Waals surface area contributed by atoms with Gasteiger partial charge in [-0.05, 0) is 35.9 Å². The zero-order chi connectivity index (χ0) is 20.8. The molecule has 0 aliphatic carbocycles. The van der Waals surface area contributed by atoms with Gasteiger partial charge in [-0.25, -0.2) is 8.78 Å². The van der Waals surface area contributed by atoms with E-state index in [4.69, 9.17) is 10.2 Å². The number of fused-ring (bicyclic) bond motifs is 2. The largest absolute Gasteiger partial charge is 0.423 e. The molecule has 3 aromatic heterocycles. The Balaban J connectivity index is 1.50. The van der Waals surface area contributed by atoms with Crippen LogP contribution in [0.2, 0.25) is 0 Å². The average molecular weight is 422 g/mol. The van der Waals surface area contributed by atoms with E-state index in [0.717, 1.165) is 10.1 Å². The summed E-state index contributed by atoms with van der Waals surface area (Å²) in [6, 6.07) is 10.3. The van der Waals surface area contributed by atoms with E-state index in [2.05, 4.69) is 15.3 Å². The summed E-state index contributed by atoms with van der Waals surface area (Å²) in [4.78, 5) is 20.2. The number of anilines is 2. The second-order valence-corrected chi connectivity index (χ2v) is 7.61. The van der Waals surface area contributed by atoms with Crippen LogP contribution in [0.5, 0.6) is 0 Å². The molecule has 0 saturated heterocycles. The number of hydrogen-bond donors (Lipinski definition) is 2. The number of thiophene rings is 1. The Morgan fingerprint density at radius 3 is 2.77 bits per heavy atom. The molecule has 0 unspecified atom stereocenters. The zero-order valence-electron chi connectivity index (χ0n) is 15.1. The van der Waals surface area contributed by atoms with Crippen LogP contribution >= 0.6 is 11.3 Å². The Labute approximate surface area is 172 Å². The maximum absolute atomic E-state index is 14.8. The topological polar surface area (TPSA) is 94.0 Å². The van der Waals surface area contributed by atoms with Crippen molar-refractivity contribution < 1.29 is 18.0 Å². The van der Waals surface area contributed by atoms with Gasteiger partial charge < -0.3 is 15.5 Å². The number of benzene rings is 2. The molecule has 0 atom stereocenters. The van der Waals surface area contributed by atoms with Crippen LogP contribution in [0.25, 0.3) is 32.3 Å². The fourth-order valence-corrected chi connectivity index (χ4v) is 4.07. The van der Waals surface area contributed by atoms with Crippen LogP contribution in [0.3, 0.4) is 0 Å². The molecule has 5 aromatic rings. The van der Waals surface area contributed by atoms with Crippen molar-refractivity contribution in [2.24, 2.45) is 5.73 Å². The number of oxazole rings is 1. The van der Waals surface area contributed by atoms with E-state index in [1.807, 2.05) is 0 Å². The highest BCUT2D eigenvalue weighted by Crippen LogP contribution is 2.35. The Kier molecular flexibility index (Phi) is 4.18. The number of carbonyl (C=O) groups is 1. The Morgan fingerprint density at radius 1 is 1.10 bits per heavy atom. The van der Waals surface area contributed by atoms with Gasteiger partial charge in [0.1, 0.15) is 17.2 Å². The number of nitrogens with two attached hydrogens (primary N) is 1. The molecule has 0 aliphatic heterocycles. The first-order valence-corrected chi connectivity index (χ1v) is 9.60. The van der Waals surface area contributed by atoms with Crippen molar-refractivity contribution in [1.82, 2.24) is 9.97 Å². The highest BCUT2D eigenvalue weighted by atomic mass is 32.1. The molecule has 5 rings (SSSR count). The van der Waals surface area contributed by atoms with Crippen LogP contribution < -0.4 is 11.1 Å². The molecule has 0 aliphatic rings. The normalized spacial score (nSPS) is 11.3. The molecule has 0 spiro atoms. The number of pyridine rings is 1. The van der Waals surface area contributed by atoms with Crippen molar-refractivity contribution >= 4 is 50.1 Å². The number of carbonyl (C=O) groups excluding carboxylic acids is 1. The van der Waals surface area contributed by atoms with E-state index in [1.54, 1.807) is 30.6 Å². The number of nitrogens with one attached hydrogen (secondary N) is 1. The predicted octanol–water partition coefficient (Wildman–Crippen LogP) is 5.23. The number of rotatable bonds is 4. The summed E-state index contributed by atoms with van der Waals surface area (Å²) < 4.78 is 34.3. The highest BCUT2D eigenvalue weighted by molar-refractivity contribution is 7.20. The summed E-state index contributed by atoms with van der Waals surface area (Å²) in [6.07, 6.45) is 3.25. The van der Waals surface area contributed by atoms with Crippen LogP contribution in [0.15, 0.2) is 59.3 Å². The molecule has 0 fully saturated rings. The summed E-state index contributed by atoms with van der Waals surface area (Å²) in [5.41, 5.74) is 7.50. The van der Waals surface area contributed by atoms with E-state index in [-0.39, 0.29) is 11.7 Å². The summed E-state index contributed by atoms with van der Waals surface area (Å²) in [7, 11) is 0. The second kappa shape index (κ2) is 6.89. The Bertz CT molecular complexity index is 1440. The molecule has 3 N–H and O–H groups in total. The first kappa shape index (κ1) is 18.2. The number of primary amides is 1. The van der Waals surface area contributed by atoms with E-state index < -0.39 is 17.5 Å². The molecule has 148 valence electrons. The van der Waals surface area contributed by atoms with Gasteiger partial charge in [-0.2, -0.15) is 4.98 Å². The minimum Gasteiger partial charge on any atom is -0.423 e. The van der Waals surface area contributed by atoms with Gasteiger partial charge in [0.15, 0.2) is 5.58 Å². The molecule has 0 saturated carbocycles. The van der Waals surface area contributed by atoms with Gasteiger partial charge in [0.2, 0.25) is 0 Å². The van der Waals surface area contributed by atoms with Crippen molar-refractivity contribution in [3.05, 3.63) is 71.4 Å². The fourth-order valence-electron chi connectivity index (χ4n) is 3.17. The molecule has 0 bridgehead atoms. The van der Waals surface area contributed by atoms with E-state index in [1.165, 1.54) is 35.6 Å². The quantitative estimate of drug-likeness (QED) is 0.414. The van der Waals surface area contributed by atoms with Crippen LogP contribution in [0.1, 0.15) is 9.67 Å². The van der Waals surface area contributed by atoms with Gasteiger partial charge in [-0.1, -0.05) is 6.07 Å². The molecule has 3 heterocycles. The third-order valence-electron chi connectivity index (χ3n) is 4.56. The number of hydrogen-bond acceptors (Lipinski definition) is 6. The van der Waals surface area contributed by atoms with Gasteiger partial charge in [-0.15, -0.1) is 11.3 Å². The maximum atomic E-state index is 14.8. The third-order valence-corrected chi connectivity index (χ3v) is 5.64. The predicted molar refractivity (Wildman–Crippen MR) is 111 cm³/mol. The Morgan fingerprint density at radius 2 is 1.97 bits per heavy atom. The molecule has 9 heteroatoms. The summed E-state index contributed by atoms with van der Waals surface area (Å²) in [5, 5.41) is 3.53. The van der Waals surface area contributed by atoms with Crippen molar-refractivity contribution in [1.29, 1.82) is 0 Å². The molecular weight excluding hydrogens is 410 g/mol. The van der Waals surface area contributed by atoms with E-state index in [9.17, 15) is 13.6 Å². The molecule has 6 nitrogen and oxygen atoms in total. The highest BCUT2D eigenvalue weighted by Gasteiger charge is 2.14. The van der Waals surface area contributed by atoms with E-state index >= 15 is 0 Å². The number of halogens is 2. The lowest BCUT2D eigenvalue weighted by Gasteiger charge is -2.07. The summed E-state index contributed by atoms with van der Waals surface area (Å²) >= 11 is 1.24. The number of nitrogens with zero attached hydrogens (tertiary/aromatic N) is 2. The van der Waals surface area contributed by atoms with Crippen molar-refractivity contribution in [3.8, 4) is 11.1 Å². The van der Waals surface area contributed by atoms with Gasteiger partial charge >= 0.3 is 0 Å². The second-order valence-electron chi connectivity index (χ2n) is 6.52. The van der Waals surface area contributed by atoms with Crippen LogP contribution in [0.4, 0.5) is 20.5 Å². The molecule has 30 heavy (non-hydrogen) atoms. The summed E-state index contributed by atoms with van der Waals surface area (Å²) in [5.74, 6) is -1.50. The van der Waals surface area contributed by atoms with Crippen molar-refractivity contribution in [2.75, 3.05) is 5.32 Å². The monoisotopic (exact) mass is 422 g/mol. The van der Waals surface area contributed by atoms with Gasteiger partial charge in [-0.3, -0.25) is 9.78 Å². The molecule has 2 aromatic carbocycles. The lowest BCUT2D eigenvalue weighted by molar-refractivity contribution is 0.100. The minimum absolute atomic E-state index is 0.0509.